The molecule has 1 aliphatic rings. The number of aromatic amines is 1. The summed E-state index contributed by atoms with van der Waals surface area (Å²) in [5, 5.41) is 18.4. The second-order valence-electron chi connectivity index (χ2n) is 5.07. The third-order valence-electron chi connectivity index (χ3n) is 3.54. The van der Waals surface area contributed by atoms with Crippen molar-refractivity contribution in [3.05, 3.63) is 78.0 Å². The minimum atomic E-state index is 0.415. The van der Waals surface area contributed by atoms with E-state index in [0.29, 0.717) is 17.8 Å². The summed E-state index contributed by atoms with van der Waals surface area (Å²) >= 11 is 0. The summed E-state index contributed by atoms with van der Waals surface area (Å²) in [4.78, 5) is 4.03. The molecule has 3 heterocycles. The number of hydrogen-bond acceptors (Lipinski definition) is 5. The van der Waals surface area contributed by atoms with Gasteiger partial charge in [0.25, 0.3) is 0 Å². The van der Waals surface area contributed by atoms with Gasteiger partial charge in [0.2, 0.25) is 0 Å². The Morgan fingerprint density at radius 1 is 1.25 bits per heavy atom. The van der Waals surface area contributed by atoms with Crippen LogP contribution in [0, 0.1) is 5.41 Å². The fraction of sp³-hybridized carbons (Fsp3) is 0.167. The number of rotatable bonds is 5. The Morgan fingerprint density at radius 3 is 2.67 bits per heavy atom. The van der Waals surface area contributed by atoms with Crippen LogP contribution < -0.4 is 11.1 Å². The molecule has 6 nitrogen and oxygen atoms in total. The summed E-state index contributed by atoms with van der Waals surface area (Å²) in [7, 11) is 1.50. The molecule has 0 unspecified atom stereocenters. The van der Waals surface area contributed by atoms with Crippen LogP contribution in [0.4, 0.5) is 0 Å². The Balaban J connectivity index is 0.00000100. The SMILES string of the molecule is C=C(C(=N)C1=CCNC(Cc2ccncc2)=C1)c1ccn[nH]1.CN. The standard InChI is InChI=1S/C17H17N5.CH5N/c1-12(16-5-9-21-22-16)17(18)14-4-8-20-15(11-14)10-13-2-6-19-7-3-13;1-2/h2-7,9,11,18,20H,1,8,10H2,(H,21,22);2H2,1H3. The van der Waals surface area contributed by atoms with Crippen LogP contribution in [0.2, 0.25) is 0 Å². The Morgan fingerprint density at radius 2 is 2.00 bits per heavy atom. The molecule has 0 saturated carbocycles. The van der Waals surface area contributed by atoms with Gasteiger partial charge in [0.05, 0.1) is 11.4 Å². The van der Waals surface area contributed by atoms with Gasteiger partial charge >= 0.3 is 0 Å². The van der Waals surface area contributed by atoms with E-state index in [0.717, 1.165) is 23.4 Å². The van der Waals surface area contributed by atoms with Crippen molar-refractivity contribution in [2.75, 3.05) is 13.6 Å². The molecule has 0 saturated heterocycles. The zero-order chi connectivity index (χ0) is 17.4. The summed E-state index contributed by atoms with van der Waals surface area (Å²) in [6, 6.07) is 5.81. The molecule has 2 aromatic rings. The molecule has 124 valence electrons. The van der Waals surface area contributed by atoms with Gasteiger partial charge in [-0.2, -0.15) is 5.10 Å². The lowest BCUT2D eigenvalue weighted by atomic mass is 9.97. The van der Waals surface area contributed by atoms with Crippen molar-refractivity contribution in [2.45, 2.75) is 6.42 Å². The highest BCUT2D eigenvalue weighted by atomic mass is 15.1. The van der Waals surface area contributed by atoms with Gasteiger partial charge in [-0.3, -0.25) is 15.5 Å². The first-order valence-electron chi connectivity index (χ1n) is 7.63. The van der Waals surface area contributed by atoms with E-state index in [1.54, 1.807) is 18.6 Å². The molecule has 5 N–H and O–H groups in total. The van der Waals surface area contributed by atoms with Gasteiger partial charge in [-0.1, -0.05) is 12.7 Å². The second-order valence-corrected chi connectivity index (χ2v) is 5.07. The average molecular weight is 322 g/mol. The quantitative estimate of drug-likeness (QED) is 0.633. The molecule has 3 rings (SSSR count). The minimum absolute atomic E-state index is 0.415. The van der Waals surface area contributed by atoms with Gasteiger partial charge in [-0.05, 0) is 42.5 Å². The molecule has 0 aromatic carbocycles. The number of H-pyrrole nitrogens is 1. The molecular formula is C18H22N6. The Kier molecular flexibility index (Phi) is 6.22. The first kappa shape index (κ1) is 17.4. The van der Waals surface area contributed by atoms with Crippen molar-refractivity contribution >= 4 is 11.3 Å². The lowest BCUT2D eigenvalue weighted by molar-refractivity contribution is 0.841. The zero-order valence-corrected chi connectivity index (χ0v) is 13.7. The monoisotopic (exact) mass is 322 g/mol. The van der Waals surface area contributed by atoms with Crippen LogP contribution in [-0.4, -0.2) is 34.5 Å². The summed E-state index contributed by atoms with van der Waals surface area (Å²) in [5.74, 6) is 0. The maximum absolute atomic E-state index is 8.34. The van der Waals surface area contributed by atoms with E-state index in [2.05, 4.69) is 32.8 Å². The Hall–Kier alpha value is -2.99. The number of nitrogens with two attached hydrogens (primary N) is 1. The topological polar surface area (TPSA) is 103 Å². The number of dihydropyridines is 1. The van der Waals surface area contributed by atoms with Crippen LogP contribution in [0.15, 0.2) is 66.8 Å². The number of hydrogen-bond donors (Lipinski definition) is 4. The normalized spacial score (nSPS) is 12.9. The van der Waals surface area contributed by atoms with E-state index in [-0.39, 0.29) is 0 Å². The van der Waals surface area contributed by atoms with Gasteiger partial charge in [0.15, 0.2) is 0 Å². The van der Waals surface area contributed by atoms with E-state index in [4.69, 9.17) is 5.41 Å². The van der Waals surface area contributed by atoms with E-state index in [1.165, 1.54) is 12.6 Å². The van der Waals surface area contributed by atoms with Crippen molar-refractivity contribution < 1.29 is 0 Å². The molecule has 0 fully saturated rings. The van der Waals surface area contributed by atoms with Gasteiger partial charge in [0, 0.05) is 42.8 Å². The third kappa shape index (κ3) is 4.27. The van der Waals surface area contributed by atoms with Crippen LogP contribution in [0.5, 0.6) is 0 Å². The van der Waals surface area contributed by atoms with Crippen LogP contribution >= 0.6 is 0 Å². The first-order valence-corrected chi connectivity index (χ1v) is 7.63. The number of nitrogens with zero attached hydrogens (tertiary/aromatic N) is 2. The second kappa shape index (κ2) is 8.59. The molecule has 0 aliphatic carbocycles. The number of nitrogens with one attached hydrogen (secondary N) is 3. The predicted octanol–water partition coefficient (Wildman–Crippen LogP) is 2.07. The van der Waals surface area contributed by atoms with Crippen LogP contribution in [0.3, 0.4) is 0 Å². The van der Waals surface area contributed by atoms with Crippen LogP contribution in [0.1, 0.15) is 11.3 Å². The molecule has 0 spiro atoms. The third-order valence-corrected chi connectivity index (χ3v) is 3.54. The lowest BCUT2D eigenvalue weighted by Crippen LogP contribution is -2.21. The Bertz CT molecular complexity index is 741. The molecule has 24 heavy (non-hydrogen) atoms. The van der Waals surface area contributed by atoms with Gasteiger partial charge in [-0.15, -0.1) is 0 Å². The lowest BCUT2D eigenvalue weighted by Gasteiger charge is -2.17. The highest BCUT2D eigenvalue weighted by Crippen LogP contribution is 2.19. The molecule has 0 atom stereocenters. The fourth-order valence-corrected chi connectivity index (χ4v) is 2.33. The minimum Gasteiger partial charge on any atom is -0.385 e. The van der Waals surface area contributed by atoms with Crippen molar-refractivity contribution in [3.8, 4) is 0 Å². The zero-order valence-electron chi connectivity index (χ0n) is 13.7. The highest BCUT2D eigenvalue weighted by molar-refractivity contribution is 6.30. The van der Waals surface area contributed by atoms with Crippen LogP contribution in [0.25, 0.3) is 5.57 Å². The van der Waals surface area contributed by atoms with Crippen molar-refractivity contribution in [1.82, 2.24) is 20.5 Å². The summed E-state index contributed by atoms with van der Waals surface area (Å²) in [5.41, 5.74) is 9.49. The van der Waals surface area contributed by atoms with E-state index in [9.17, 15) is 0 Å². The molecule has 0 amide bonds. The predicted molar refractivity (Wildman–Crippen MR) is 97.6 cm³/mol. The Labute approximate surface area is 141 Å². The molecule has 2 aromatic heterocycles. The molecular weight excluding hydrogens is 300 g/mol. The average Bonchev–Trinajstić information content (AvgIpc) is 3.18. The molecule has 1 aliphatic heterocycles. The maximum Gasteiger partial charge on any atom is 0.0698 e. The number of allylic oxidation sites excluding steroid dienone is 4. The van der Waals surface area contributed by atoms with Crippen LogP contribution in [-0.2, 0) is 6.42 Å². The number of pyridine rings is 1. The smallest absolute Gasteiger partial charge is 0.0698 e. The maximum atomic E-state index is 8.34. The summed E-state index contributed by atoms with van der Waals surface area (Å²) in [6.07, 6.45) is 10.0. The van der Waals surface area contributed by atoms with E-state index in [1.807, 2.05) is 30.4 Å². The molecule has 0 radical (unpaired) electrons. The summed E-state index contributed by atoms with van der Waals surface area (Å²) < 4.78 is 0. The van der Waals surface area contributed by atoms with E-state index >= 15 is 0 Å². The molecule has 0 bridgehead atoms. The highest BCUT2D eigenvalue weighted by Gasteiger charge is 2.14. The van der Waals surface area contributed by atoms with Gasteiger partial charge < -0.3 is 11.1 Å². The van der Waals surface area contributed by atoms with E-state index < -0.39 is 0 Å². The van der Waals surface area contributed by atoms with Crippen molar-refractivity contribution in [1.29, 1.82) is 5.41 Å². The van der Waals surface area contributed by atoms with Crippen molar-refractivity contribution in [2.24, 2.45) is 5.73 Å². The summed E-state index contributed by atoms with van der Waals surface area (Å²) in [6.45, 7) is 4.70. The number of aromatic nitrogens is 3. The molecule has 6 heteroatoms. The first-order chi connectivity index (χ1) is 11.7. The van der Waals surface area contributed by atoms with Crippen molar-refractivity contribution in [3.63, 3.8) is 0 Å². The largest absolute Gasteiger partial charge is 0.385 e. The van der Waals surface area contributed by atoms with Gasteiger partial charge in [-0.25, -0.2) is 0 Å². The fourth-order valence-electron chi connectivity index (χ4n) is 2.33. The van der Waals surface area contributed by atoms with Gasteiger partial charge in [0.1, 0.15) is 0 Å².